The fraction of sp³-hybridized carbons (Fsp3) is 0.857. The lowest BCUT2D eigenvalue weighted by Gasteiger charge is -2.32. The van der Waals surface area contributed by atoms with Crippen LogP contribution in [0, 0.1) is 0 Å². The van der Waals surface area contributed by atoms with Crippen LogP contribution >= 0.6 is 0 Å². The number of hydrogen-bond acceptors (Lipinski definition) is 4. The van der Waals surface area contributed by atoms with Crippen LogP contribution in [0.25, 0.3) is 0 Å². The third-order valence-electron chi connectivity index (χ3n) is 3.21. The number of piperidine rings is 1. The molecule has 1 aliphatic heterocycles. The van der Waals surface area contributed by atoms with Crippen LogP contribution in [0.15, 0.2) is 0 Å². The van der Waals surface area contributed by atoms with Gasteiger partial charge in [0, 0.05) is 25.6 Å². The van der Waals surface area contributed by atoms with Crippen LogP contribution in [-0.2, 0) is 9.53 Å². The van der Waals surface area contributed by atoms with E-state index in [1.165, 1.54) is 0 Å². The molecule has 0 aromatic heterocycles. The van der Waals surface area contributed by atoms with Gasteiger partial charge >= 0.3 is 6.09 Å². The van der Waals surface area contributed by atoms with Crippen LogP contribution in [-0.4, -0.2) is 48.2 Å². The molecule has 0 aromatic rings. The van der Waals surface area contributed by atoms with Crippen molar-refractivity contribution in [2.24, 2.45) is 5.73 Å². The second-order valence-corrected chi connectivity index (χ2v) is 6.33. The second kappa shape index (κ2) is 7.47. The van der Waals surface area contributed by atoms with E-state index in [-0.39, 0.29) is 18.0 Å². The van der Waals surface area contributed by atoms with E-state index in [9.17, 15) is 9.59 Å². The fourth-order valence-corrected chi connectivity index (χ4v) is 2.25. The topological polar surface area (TPSA) is 84.7 Å². The van der Waals surface area contributed by atoms with Gasteiger partial charge in [-0.05, 0) is 46.6 Å². The van der Waals surface area contributed by atoms with Gasteiger partial charge in [0.15, 0.2) is 0 Å². The Morgan fingerprint density at radius 2 is 1.90 bits per heavy atom. The Morgan fingerprint density at radius 1 is 1.30 bits per heavy atom. The maximum Gasteiger partial charge on any atom is 0.407 e. The first-order valence-electron chi connectivity index (χ1n) is 7.26. The number of likely N-dealkylation sites (tertiary alicyclic amines) is 1. The fourth-order valence-electron chi connectivity index (χ4n) is 2.25. The summed E-state index contributed by atoms with van der Waals surface area (Å²) in [6.45, 7) is 8.32. The molecule has 20 heavy (non-hydrogen) atoms. The normalized spacial score (nSPS) is 17.8. The third kappa shape index (κ3) is 7.33. The highest BCUT2D eigenvalue weighted by molar-refractivity contribution is 5.73. The summed E-state index contributed by atoms with van der Waals surface area (Å²) < 4.78 is 5.24. The van der Waals surface area contributed by atoms with Crippen molar-refractivity contribution >= 4 is 12.0 Å². The van der Waals surface area contributed by atoms with E-state index < -0.39 is 5.60 Å². The number of amides is 2. The van der Waals surface area contributed by atoms with Crippen LogP contribution < -0.4 is 11.1 Å². The van der Waals surface area contributed by atoms with Crippen LogP contribution in [0.4, 0.5) is 4.79 Å². The molecule has 1 heterocycles. The van der Waals surface area contributed by atoms with Crippen molar-refractivity contribution in [2.75, 3.05) is 19.6 Å². The predicted octanol–water partition coefficient (Wildman–Crippen LogP) is 1.24. The molecule has 0 aromatic carbocycles. The SMILES string of the molecule is CC(C)(C)OC(=O)NC1CCN(CCCC(N)=O)CC1. The van der Waals surface area contributed by atoms with Gasteiger partial charge in [0.25, 0.3) is 0 Å². The molecule has 1 rings (SSSR count). The lowest BCUT2D eigenvalue weighted by molar-refractivity contribution is -0.118. The number of carbonyl (C=O) groups is 2. The number of nitrogens with two attached hydrogens (primary N) is 1. The second-order valence-electron chi connectivity index (χ2n) is 6.33. The minimum Gasteiger partial charge on any atom is -0.444 e. The Balaban J connectivity index is 2.18. The molecule has 1 aliphatic rings. The van der Waals surface area contributed by atoms with Gasteiger partial charge in [0.05, 0.1) is 0 Å². The Labute approximate surface area is 121 Å². The van der Waals surface area contributed by atoms with Crippen LogP contribution in [0.1, 0.15) is 46.5 Å². The van der Waals surface area contributed by atoms with Gasteiger partial charge in [-0.15, -0.1) is 0 Å². The Morgan fingerprint density at radius 3 is 2.40 bits per heavy atom. The highest BCUT2D eigenvalue weighted by atomic mass is 16.6. The van der Waals surface area contributed by atoms with Crippen molar-refractivity contribution < 1.29 is 14.3 Å². The van der Waals surface area contributed by atoms with Gasteiger partial charge < -0.3 is 20.7 Å². The molecular formula is C14H27N3O3. The highest BCUT2D eigenvalue weighted by Gasteiger charge is 2.23. The summed E-state index contributed by atoms with van der Waals surface area (Å²) in [7, 11) is 0. The lowest BCUT2D eigenvalue weighted by atomic mass is 10.0. The Hall–Kier alpha value is -1.30. The van der Waals surface area contributed by atoms with E-state index in [1.54, 1.807) is 0 Å². The first-order valence-corrected chi connectivity index (χ1v) is 7.26. The summed E-state index contributed by atoms with van der Waals surface area (Å²) in [5.74, 6) is -0.244. The molecule has 1 saturated heterocycles. The van der Waals surface area contributed by atoms with E-state index in [4.69, 9.17) is 10.5 Å². The van der Waals surface area contributed by atoms with Gasteiger partial charge in [0.1, 0.15) is 5.60 Å². The molecule has 2 amide bonds. The first-order chi connectivity index (χ1) is 9.26. The Kier molecular flexibility index (Phi) is 6.26. The molecule has 0 atom stereocenters. The quantitative estimate of drug-likeness (QED) is 0.796. The summed E-state index contributed by atoms with van der Waals surface area (Å²) in [6, 6.07) is 0.178. The monoisotopic (exact) mass is 285 g/mol. The summed E-state index contributed by atoms with van der Waals surface area (Å²) in [6.07, 6.45) is 2.73. The van der Waals surface area contributed by atoms with Crippen molar-refractivity contribution in [2.45, 2.75) is 58.1 Å². The van der Waals surface area contributed by atoms with Gasteiger partial charge in [-0.25, -0.2) is 4.79 Å². The number of nitrogens with zero attached hydrogens (tertiary/aromatic N) is 1. The summed E-state index contributed by atoms with van der Waals surface area (Å²) in [5, 5.41) is 2.91. The molecule has 6 heteroatoms. The van der Waals surface area contributed by atoms with Crippen LogP contribution in [0.2, 0.25) is 0 Å². The maximum absolute atomic E-state index is 11.7. The number of nitrogens with one attached hydrogen (secondary N) is 1. The van der Waals surface area contributed by atoms with Gasteiger partial charge in [0.2, 0.25) is 5.91 Å². The van der Waals surface area contributed by atoms with Gasteiger partial charge in [-0.3, -0.25) is 4.79 Å². The molecule has 0 saturated carbocycles. The molecule has 6 nitrogen and oxygen atoms in total. The number of primary amides is 1. The summed E-state index contributed by atoms with van der Waals surface area (Å²) in [5.41, 5.74) is 4.66. The molecular weight excluding hydrogens is 258 g/mol. The zero-order chi connectivity index (χ0) is 15.2. The van der Waals surface area contributed by atoms with E-state index in [2.05, 4.69) is 10.2 Å². The number of rotatable bonds is 5. The molecule has 0 bridgehead atoms. The van der Waals surface area contributed by atoms with Gasteiger partial charge in [-0.2, -0.15) is 0 Å². The van der Waals surface area contributed by atoms with Crippen molar-refractivity contribution in [1.29, 1.82) is 0 Å². The minimum absolute atomic E-state index is 0.178. The number of alkyl carbamates (subject to hydrolysis) is 1. The van der Waals surface area contributed by atoms with Crippen molar-refractivity contribution in [3.8, 4) is 0 Å². The lowest BCUT2D eigenvalue weighted by Crippen LogP contribution is -2.46. The third-order valence-corrected chi connectivity index (χ3v) is 3.21. The number of carbonyl (C=O) groups excluding carboxylic acids is 2. The molecule has 1 fully saturated rings. The predicted molar refractivity (Wildman–Crippen MR) is 77.3 cm³/mol. The van der Waals surface area contributed by atoms with E-state index in [0.29, 0.717) is 6.42 Å². The highest BCUT2D eigenvalue weighted by Crippen LogP contribution is 2.13. The van der Waals surface area contributed by atoms with E-state index in [0.717, 1.165) is 38.9 Å². The van der Waals surface area contributed by atoms with Crippen LogP contribution in [0.3, 0.4) is 0 Å². The van der Waals surface area contributed by atoms with Crippen LogP contribution in [0.5, 0.6) is 0 Å². The smallest absolute Gasteiger partial charge is 0.407 e. The van der Waals surface area contributed by atoms with Crippen molar-refractivity contribution in [3.05, 3.63) is 0 Å². The molecule has 116 valence electrons. The minimum atomic E-state index is -0.459. The van der Waals surface area contributed by atoms with Gasteiger partial charge in [-0.1, -0.05) is 0 Å². The maximum atomic E-state index is 11.7. The summed E-state index contributed by atoms with van der Waals surface area (Å²) in [4.78, 5) is 24.6. The number of ether oxygens (including phenoxy) is 1. The standard InChI is InChI=1S/C14H27N3O3/c1-14(2,3)20-13(19)16-11-6-9-17(10-7-11)8-4-5-12(15)18/h11H,4-10H2,1-3H3,(H2,15,18)(H,16,19). The summed E-state index contributed by atoms with van der Waals surface area (Å²) >= 11 is 0. The zero-order valence-electron chi connectivity index (χ0n) is 12.8. The molecule has 3 N–H and O–H groups in total. The van der Waals surface area contributed by atoms with Crippen molar-refractivity contribution in [3.63, 3.8) is 0 Å². The zero-order valence-corrected chi connectivity index (χ0v) is 12.8. The number of hydrogen-bond donors (Lipinski definition) is 2. The van der Waals surface area contributed by atoms with E-state index >= 15 is 0 Å². The largest absolute Gasteiger partial charge is 0.444 e. The van der Waals surface area contributed by atoms with E-state index in [1.807, 2.05) is 20.8 Å². The molecule has 0 unspecified atom stereocenters. The Bertz CT molecular complexity index is 331. The molecule has 0 spiro atoms. The van der Waals surface area contributed by atoms with Crippen molar-refractivity contribution in [1.82, 2.24) is 10.2 Å². The average molecular weight is 285 g/mol. The molecule has 0 radical (unpaired) electrons. The first kappa shape index (κ1) is 16.8. The average Bonchev–Trinajstić information content (AvgIpc) is 2.28. The molecule has 0 aliphatic carbocycles.